The van der Waals surface area contributed by atoms with E-state index in [2.05, 4.69) is 22.5 Å². The first-order valence-corrected chi connectivity index (χ1v) is 11.0. The molecule has 4 rings (SSSR count). The van der Waals surface area contributed by atoms with Crippen LogP contribution < -0.4 is 5.43 Å². The lowest BCUT2D eigenvalue weighted by molar-refractivity contribution is 0.0657. The summed E-state index contributed by atoms with van der Waals surface area (Å²) in [6.07, 6.45) is 0. The van der Waals surface area contributed by atoms with Crippen molar-refractivity contribution in [2.75, 3.05) is 33.2 Å². The second-order valence-corrected chi connectivity index (χ2v) is 8.85. The minimum absolute atomic E-state index is 0.249. The maximum absolute atomic E-state index is 13.1. The third-order valence-corrected chi connectivity index (χ3v) is 6.15. The summed E-state index contributed by atoms with van der Waals surface area (Å²) in [5, 5.41) is 8.18. The Labute approximate surface area is 196 Å². The summed E-state index contributed by atoms with van der Waals surface area (Å²) in [4.78, 5) is 15.3. The summed E-state index contributed by atoms with van der Waals surface area (Å²) in [6.45, 7) is 5.19. The van der Waals surface area contributed by atoms with Crippen molar-refractivity contribution in [3.63, 3.8) is 0 Å². The molecule has 1 fully saturated rings. The smallest absolute Gasteiger partial charge is 0.286 e. The molecule has 2 aromatic carbocycles. The monoisotopic (exact) mass is 477 g/mol. The van der Waals surface area contributed by atoms with E-state index >= 15 is 0 Å². The van der Waals surface area contributed by atoms with E-state index in [1.165, 1.54) is 0 Å². The molecule has 1 amide bonds. The zero-order valence-electron chi connectivity index (χ0n) is 17.2. The zero-order valence-corrected chi connectivity index (χ0v) is 19.5. The molecule has 0 unspecified atom stereocenters. The number of nitrogens with zero attached hydrogens (tertiary/aromatic N) is 4. The van der Waals surface area contributed by atoms with Gasteiger partial charge in [-0.2, -0.15) is 5.10 Å². The highest BCUT2D eigenvalue weighted by molar-refractivity contribution is 6.35. The van der Waals surface area contributed by atoms with Crippen LogP contribution >= 0.6 is 34.8 Å². The van der Waals surface area contributed by atoms with Crippen LogP contribution in [0, 0.1) is 6.92 Å². The molecular weight excluding hydrogens is 457 g/mol. The third kappa shape index (κ3) is 4.73. The minimum Gasteiger partial charge on any atom is -0.304 e. The van der Waals surface area contributed by atoms with Crippen LogP contribution in [0.4, 0.5) is 0 Å². The molecule has 2 heterocycles. The molecule has 1 aliphatic rings. The Bertz CT molecular complexity index is 1110. The molecule has 1 aromatic heterocycles. The normalized spacial score (nSPS) is 15.3. The average molecular weight is 479 g/mol. The number of hydrogen-bond acceptors (Lipinski definition) is 4. The molecule has 6 nitrogen and oxygen atoms in total. The molecule has 1 N–H and O–H groups in total. The van der Waals surface area contributed by atoms with Gasteiger partial charge in [0, 0.05) is 47.4 Å². The predicted molar refractivity (Wildman–Crippen MR) is 125 cm³/mol. The fourth-order valence-electron chi connectivity index (χ4n) is 3.60. The number of amides is 1. The van der Waals surface area contributed by atoms with Crippen molar-refractivity contribution in [3.05, 3.63) is 68.8 Å². The average Bonchev–Trinajstić information content (AvgIpc) is 3.07. The molecule has 0 saturated carbocycles. The second kappa shape index (κ2) is 9.18. The number of carbonyl (C=O) groups excluding carboxylic acids is 1. The number of carbonyl (C=O) groups is 1. The van der Waals surface area contributed by atoms with Crippen molar-refractivity contribution >= 4 is 40.7 Å². The molecule has 0 spiro atoms. The van der Waals surface area contributed by atoms with Crippen LogP contribution in [0.25, 0.3) is 16.9 Å². The molecule has 162 valence electrons. The van der Waals surface area contributed by atoms with Gasteiger partial charge in [0.25, 0.3) is 5.91 Å². The highest BCUT2D eigenvalue weighted by Gasteiger charge is 2.25. The molecule has 1 saturated heterocycles. The fourth-order valence-corrected chi connectivity index (χ4v) is 4.21. The lowest BCUT2D eigenvalue weighted by Gasteiger charge is -2.32. The van der Waals surface area contributed by atoms with Crippen LogP contribution in [0.2, 0.25) is 15.1 Å². The van der Waals surface area contributed by atoms with Crippen molar-refractivity contribution in [2.24, 2.45) is 0 Å². The number of halogens is 3. The van der Waals surface area contributed by atoms with Gasteiger partial charge in [-0.3, -0.25) is 10.2 Å². The molecule has 3 aromatic rings. The third-order valence-electron chi connectivity index (χ3n) is 5.36. The standard InChI is InChI=1S/C22H22Cl3N5O/c1-14-20(22(31)27-29-11-9-28(2)10-12-29)26-30(19-8-7-17(24)13-18(19)25)21(14)15-3-5-16(23)6-4-15/h3-8,13H,9-12H2,1-2H3,(H,27,31). The minimum atomic E-state index is -0.249. The maximum atomic E-state index is 13.1. The number of piperazine rings is 1. The van der Waals surface area contributed by atoms with E-state index in [-0.39, 0.29) is 5.91 Å². The van der Waals surface area contributed by atoms with Gasteiger partial charge in [0.2, 0.25) is 0 Å². The number of hydrazine groups is 1. The van der Waals surface area contributed by atoms with E-state index in [4.69, 9.17) is 34.8 Å². The van der Waals surface area contributed by atoms with Gasteiger partial charge >= 0.3 is 0 Å². The Balaban J connectivity index is 1.76. The van der Waals surface area contributed by atoms with Crippen LogP contribution in [-0.2, 0) is 0 Å². The first-order chi connectivity index (χ1) is 14.8. The van der Waals surface area contributed by atoms with Gasteiger partial charge in [0.1, 0.15) is 0 Å². The molecule has 0 aliphatic carbocycles. The zero-order chi connectivity index (χ0) is 22.1. The molecule has 0 atom stereocenters. The Morgan fingerprint density at radius 1 is 0.968 bits per heavy atom. The van der Waals surface area contributed by atoms with Gasteiger partial charge < -0.3 is 4.90 Å². The first kappa shape index (κ1) is 22.1. The highest BCUT2D eigenvalue weighted by atomic mass is 35.5. The van der Waals surface area contributed by atoms with Crippen LogP contribution in [0.1, 0.15) is 16.1 Å². The van der Waals surface area contributed by atoms with Crippen molar-refractivity contribution in [3.8, 4) is 16.9 Å². The SMILES string of the molecule is Cc1c(C(=O)NN2CCN(C)CC2)nn(-c2ccc(Cl)cc2Cl)c1-c1ccc(Cl)cc1. The Hall–Kier alpha value is -2.09. The Morgan fingerprint density at radius 3 is 2.26 bits per heavy atom. The lowest BCUT2D eigenvalue weighted by Crippen LogP contribution is -2.52. The molecule has 31 heavy (non-hydrogen) atoms. The summed E-state index contributed by atoms with van der Waals surface area (Å²) >= 11 is 18.6. The van der Waals surface area contributed by atoms with Crippen LogP contribution in [0.15, 0.2) is 42.5 Å². The van der Waals surface area contributed by atoms with Gasteiger partial charge in [-0.05, 0) is 44.3 Å². The summed E-state index contributed by atoms with van der Waals surface area (Å²) in [5.41, 5.74) is 6.36. The number of rotatable bonds is 4. The second-order valence-electron chi connectivity index (χ2n) is 7.57. The van der Waals surface area contributed by atoms with E-state index in [0.29, 0.717) is 26.4 Å². The Kier molecular flexibility index (Phi) is 6.55. The van der Waals surface area contributed by atoms with Gasteiger partial charge in [0.15, 0.2) is 5.69 Å². The van der Waals surface area contributed by atoms with E-state index < -0.39 is 0 Å². The summed E-state index contributed by atoms with van der Waals surface area (Å²) in [5.74, 6) is -0.249. The molecule has 0 radical (unpaired) electrons. The van der Waals surface area contributed by atoms with Crippen LogP contribution in [-0.4, -0.2) is 58.8 Å². The van der Waals surface area contributed by atoms with Gasteiger partial charge in [-0.1, -0.05) is 46.9 Å². The molecular formula is C22H22Cl3N5O. The number of likely N-dealkylation sites (N-methyl/N-ethyl adjacent to an activating group) is 1. The number of aromatic nitrogens is 2. The number of nitrogens with one attached hydrogen (secondary N) is 1. The molecule has 9 heteroatoms. The van der Waals surface area contributed by atoms with E-state index in [1.807, 2.05) is 24.1 Å². The predicted octanol–water partition coefficient (Wildman–Crippen LogP) is 4.70. The van der Waals surface area contributed by atoms with E-state index in [9.17, 15) is 4.79 Å². The number of hydrogen-bond donors (Lipinski definition) is 1. The van der Waals surface area contributed by atoms with E-state index in [0.717, 1.165) is 43.0 Å². The topological polar surface area (TPSA) is 53.4 Å². The quantitative estimate of drug-likeness (QED) is 0.590. The van der Waals surface area contributed by atoms with Crippen LogP contribution in [0.5, 0.6) is 0 Å². The Morgan fingerprint density at radius 2 is 1.61 bits per heavy atom. The van der Waals surface area contributed by atoms with Crippen molar-refractivity contribution in [1.29, 1.82) is 0 Å². The van der Waals surface area contributed by atoms with E-state index in [1.54, 1.807) is 35.0 Å². The van der Waals surface area contributed by atoms with Crippen LogP contribution in [0.3, 0.4) is 0 Å². The summed E-state index contributed by atoms with van der Waals surface area (Å²) in [7, 11) is 2.07. The van der Waals surface area contributed by atoms with Gasteiger partial charge in [0.05, 0.1) is 16.4 Å². The lowest BCUT2D eigenvalue weighted by atomic mass is 10.1. The molecule has 1 aliphatic heterocycles. The van der Waals surface area contributed by atoms with Gasteiger partial charge in [-0.25, -0.2) is 9.69 Å². The molecule has 0 bridgehead atoms. The largest absolute Gasteiger partial charge is 0.304 e. The fraction of sp³-hybridized carbons (Fsp3) is 0.273. The first-order valence-electron chi connectivity index (χ1n) is 9.89. The number of benzene rings is 2. The summed E-state index contributed by atoms with van der Waals surface area (Å²) in [6, 6.07) is 12.6. The van der Waals surface area contributed by atoms with Crippen molar-refractivity contribution < 1.29 is 4.79 Å². The maximum Gasteiger partial charge on any atom is 0.286 e. The highest BCUT2D eigenvalue weighted by Crippen LogP contribution is 2.33. The van der Waals surface area contributed by atoms with Gasteiger partial charge in [-0.15, -0.1) is 0 Å². The summed E-state index contributed by atoms with van der Waals surface area (Å²) < 4.78 is 1.69. The van der Waals surface area contributed by atoms with Crippen molar-refractivity contribution in [2.45, 2.75) is 6.92 Å². The van der Waals surface area contributed by atoms with Crippen molar-refractivity contribution in [1.82, 2.24) is 25.1 Å².